The molecule has 8 heteroatoms. The highest BCUT2D eigenvalue weighted by Gasteiger charge is 2.32. The number of rotatable bonds is 5. The number of nitrogens with one attached hydrogen (secondary N) is 1. The van der Waals surface area contributed by atoms with Gasteiger partial charge >= 0.3 is 0 Å². The lowest BCUT2D eigenvalue weighted by atomic mass is 10.2. The molecule has 1 amide bonds. The molecule has 2 aromatic rings. The van der Waals surface area contributed by atoms with E-state index in [-0.39, 0.29) is 23.5 Å². The number of sulfone groups is 1. The Hall–Kier alpha value is -2.48. The van der Waals surface area contributed by atoms with Crippen molar-refractivity contribution < 1.29 is 13.2 Å². The van der Waals surface area contributed by atoms with Crippen molar-refractivity contribution in [2.75, 3.05) is 28.3 Å². The van der Waals surface area contributed by atoms with Gasteiger partial charge in [0.05, 0.1) is 29.0 Å². The SMILES string of the molecule is CCN(c1ccc(NC(=O)c2cccnc2)cn1)C1CCS(=O)(=O)C1. The van der Waals surface area contributed by atoms with Crippen LogP contribution in [0.4, 0.5) is 11.5 Å². The van der Waals surface area contributed by atoms with Crippen LogP contribution in [0.2, 0.25) is 0 Å². The number of anilines is 2. The molecule has 1 aliphatic heterocycles. The molecule has 25 heavy (non-hydrogen) atoms. The highest BCUT2D eigenvalue weighted by Crippen LogP contribution is 2.23. The molecule has 0 spiro atoms. The van der Waals surface area contributed by atoms with E-state index < -0.39 is 9.84 Å². The molecule has 0 aliphatic carbocycles. The molecule has 0 saturated carbocycles. The fourth-order valence-electron chi connectivity index (χ4n) is 2.96. The van der Waals surface area contributed by atoms with Gasteiger partial charge in [-0.05, 0) is 37.6 Å². The van der Waals surface area contributed by atoms with Crippen LogP contribution in [0.3, 0.4) is 0 Å². The summed E-state index contributed by atoms with van der Waals surface area (Å²) in [7, 11) is -2.95. The minimum absolute atomic E-state index is 0.0432. The van der Waals surface area contributed by atoms with E-state index in [9.17, 15) is 13.2 Å². The second-order valence-electron chi connectivity index (χ2n) is 5.94. The van der Waals surface area contributed by atoms with Gasteiger partial charge in [-0.25, -0.2) is 13.4 Å². The lowest BCUT2D eigenvalue weighted by molar-refractivity contribution is 0.102. The second-order valence-corrected chi connectivity index (χ2v) is 8.17. The minimum atomic E-state index is -2.95. The molecular formula is C17H20N4O3S. The van der Waals surface area contributed by atoms with Gasteiger partial charge < -0.3 is 10.2 Å². The maximum atomic E-state index is 12.1. The number of aromatic nitrogens is 2. The molecule has 3 heterocycles. The highest BCUT2D eigenvalue weighted by atomic mass is 32.2. The summed E-state index contributed by atoms with van der Waals surface area (Å²) in [5.74, 6) is 0.857. The first-order valence-electron chi connectivity index (χ1n) is 8.13. The van der Waals surface area contributed by atoms with E-state index in [0.717, 1.165) is 0 Å². The van der Waals surface area contributed by atoms with Crippen LogP contribution in [0.15, 0.2) is 42.9 Å². The van der Waals surface area contributed by atoms with Gasteiger partial charge in [-0.2, -0.15) is 0 Å². The average Bonchev–Trinajstić information content (AvgIpc) is 2.97. The summed E-state index contributed by atoms with van der Waals surface area (Å²) in [6, 6.07) is 6.91. The van der Waals surface area contributed by atoms with E-state index in [0.29, 0.717) is 30.0 Å². The summed E-state index contributed by atoms with van der Waals surface area (Å²) >= 11 is 0. The summed E-state index contributed by atoms with van der Waals surface area (Å²) in [6.07, 6.45) is 5.30. The van der Waals surface area contributed by atoms with Crippen LogP contribution in [0.5, 0.6) is 0 Å². The first kappa shape index (κ1) is 17.3. The van der Waals surface area contributed by atoms with Crippen LogP contribution in [0.25, 0.3) is 0 Å². The highest BCUT2D eigenvalue weighted by molar-refractivity contribution is 7.91. The Kier molecular flexibility index (Phi) is 4.98. The number of carbonyl (C=O) groups excluding carboxylic acids is 1. The van der Waals surface area contributed by atoms with Crippen molar-refractivity contribution in [1.29, 1.82) is 0 Å². The largest absolute Gasteiger partial charge is 0.353 e. The van der Waals surface area contributed by atoms with Gasteiger partial charge in [0.15, 0.2) is 9.84 Å². The summed E-state index contributed by atoms with van der Waals surface area (Å²) < 4.78 is 23.4. The maximum Gasteiger partial charge on any atom is 0.257 e. The molecule has 2 aromatic heterocycles. The Bertz CT molecular complexity index is 838. The fourth-order valence-corrected chi connectivity index (χ4v) is 4.69. The fraction of sp³-hybridized carbons (Fsp3) is 0.353. The van der Waals surface area contributed by atoms with Crippen LogP contribution < -0.4 is 10.2 Å². The molecule has 1 atom stereocenters. The van der Waals surface area contributed by atoms with E-state index >= 15 is 0 Å². The minimum Gasteiger partial charge on any atom is -0.353 e. The zero-order chi connectivity index (χ0) is 17.9. The van der Waals surface area contributed by atoms with Gasteiger partial charge in [0, 0.05) is 25.0 Å². The number of nitrogens with zero attached hydrogens (tertiary/aromatic N) is 3. The number of hydrogen-bond donors (Lipinski definition) is 1. The molecule has 3 rings (SSSR count). The van der Waals surface area contributed by atoms with Crippen molar-refractivity contribution in [3.05, 3.63) is 48.4 Å². The molecule has 0 aromatic carbocycles. The maximum absolute atomic E-state index is 12.1. The number of amides is 1. The van der Waals surface area contributed by atoms with Crippen molar-refractivity contribution >= 4 is 27.2 Å². The van der Waals surface area contributed by atoms with Gasteiger partial charge in [0.25, 0.3) is 5.91 Å². The first-order valence-corrected chi connectivity index (χ1v) is 9.95. The number of hydrogen-bond acceptors (Lipinski definition) is 6. The van der Waals surface area contributed by atoms with Crippen LogP contribution in [0, 0.1) is 0 Å². The second kappa shape index (κ2) is 7.18. The van der Waals surface area contributed by atoms with Crippen molar-refractivity contribution in [1.82, 2.24) is 9.97 Å². The molecular weight excluding hydrogens is 340 g/mol. The Morgan fingerprint density at radius 1 is 1.32 bits per heavy atom. The summed E-state index contributed by atoms with van der Waals surface area (Å²) in [6.45, 7) is 2.65. The lowest BCUT2D eigenvalue weighted by Gasteiger charge is -2.28. The Morgan fingerprint density at radius 2 is 2.16 bits per heavy atom. The van der Waals surface area contributed by atoms with Gasteiger partial charge in [0.1, 0.15) is 5.82 Å². The zero-order valence-corrected chi connectivity index (χ0v) is 14.7. The van der Waals surface area contributed by atoms with Crippen LogP contribution in [-0.2, 0) is 9.84 Å². The van der Waals surface area contributed by atoms with Crippen molar-refractivity contribution in [2.24, 2.45) is 0 Å². The molecule has 0 bridgehead atoms. The Balaban J connectivity index is 1.70. The lowest BCUT2D eigenvalue weighted by Crippen LogP contribution is -2.36. The number of pyridine rings is 2. The van der Waals surface area contributed by atoms with Gasteiger partial charge in [0.2, 0.25) is 0 Å². The molecule has 1 N–H and O–H groups in total. The summed E-state index contributed by atoms with van der Waals surface area (Å²) in [5, 5.41) is 2.77. The van der Waals surface area contributed by atoms with Crippen molar-refractivity contribution in [3.8, 4) is 0 Å². The standard InChI is InChI=1S/C17H20N4O3S/c1-2-21(15-7-9-25(23,24)12-15)16-6-5-14(11-19-16)20-17(22)13-4-3-8-18-10-13/h3-6,8,10-11,15H,2,7,9,12H2,1H3,(H,20,22). The monoisotopic (exact) mass is 360 g/mol. The Morgan fingerprint density at radius 3 is 2.72 bits per heavy atom. The van der Waals surface area contributed by atoms with Gasteiger partial charge in [-0.15, -0.1) is 0 Å². The van der Waals surface area contributed by atoms with Crippen LogP contribution in [0.1, 0.15) is 23.7 Å². The van der Waals surface area contributed by atoms with E-state index in [1.54, 1.807) is 36.7 Å². The Labute approximate surface area is 147 Å². The quantitative estimate of drug-likeness (QED) is 0.873. The smallest absolute Gasteiger partial charge is 0.257 e. The predicted octanol–water partition coefficient (Wildman–Crippen LogP) is 1.74. The predicted molar refractivity (Wildman–Crippen MR) is 96.5 cm³/mol. The van der Waals surface area contributed by atoms with E-state index in [2.05, 4.69) is 15.3 Å². The molecule has 132 valence electrons. The van der Waals surface area contributed by atoms with Crippen LogP contribution >= 0.6 is 0 Å². The summed E-state index contributed by atoms with van der Waals surface area (Å²) in [5.41, 5.74) is 1.05. The topological polar surface area (TPSA) is 92.3 Å². The van der Waals surface area contributed by atoms with E-state index in [4.69, 9.17) is 0 Å². The molecule has 1 saturated heterocycles. The van der Waals surface area contributed by atoms with Crippen LogP contribution in [-0.4, -0.2) is 48.4 Å². The van der Waals surface area contributed by atoms with E-state index in [1.807, 2.05) is 11.8 Å². The van der Waals surface area contributed by atoms with Gasteiger partial charge in [-0.3, -0.25) is 9.78 Å². The molecule has 0 radical (unpaired) electrons. The van der Waals surface area contributed by atoms with Crippen molar-refractivity contribution in [3.63, 3.8) is 0 Å². The molecule has 7 nitrogen and oxygen atoms in total. The first-order chi connectivity index (χ1) is 12.0. The normalized spacial score (nSPS) is 18.7. The molecule has 1 fully saturated rings. The van der Waals surface area contributed by atoms with E-state index in [1.165, 1.54) is 6.20 Å². The number of carbonyl (C=O) groups is 1. The van der Waals surface area contributed by atoms with Crippen molar-refractivity contribution in [2.45, 2.75) is 19.4 Å². The third-order valence-corrected chi connectivity index (χ3v) is 5.96. The third kappa shape index (κ3) is 4.14. The molecule has 1 unspecified atom stereocenters. The molecule has 1 aliphatic rings. The third-order valence-electron chi connectivity index (χ3n) is 4.21. The zero-order valence-electron chi connectivity index (χ0n) is 13.9. The average molecular weight is 360 g/mol. The summed E-state index contributed by atoms with van der Waals surface area (Å²) in [4.78, 5) is 22.4. The van der Waals surface area contributed by atoms with Gasteiger partial charge in [-0.1, -0.05) is 0 Å².